The SMILES string of the molecule is CC(C)C.CC(C)NCCOCCNCCOCCOC(C)(C)C(F)CNC=O. The summed E-state index contributed by atoms with van der Waals surface area (Å²) in [6.45, 7) is 19.0. The Morgan fingerprint density at radius 1 is 0.897 bits per heavy atom. The van der Waals surface area contributed by atoms with Crippen molar-refractivity contribution in [3.8, 4) is 0 Å². The van der Waals surface area contributed by atoms with Gasteiger partial charge in [0.2, 0.25) is 6.41 Å². The van der Waals surface area contributed by atoms with Crippen molar-refractivity contribution in [1.29, 1.82) is 0 Å². The van der Waals surface area contributed by atoms with E-state index in [1.54, 1.807) is 13.8 Å². The van der Waals surface area contributed by atoms with Crippen molar-refractivity contribution in [2.45, 2.75) is 66.3 Å². The minimum absolute atomic E-state index is 0.0586. The molecule has 8 heteroatoms. The fourth-order valence-electron chi connectivity index (χ4n) is 1.89. The maximum absolute atomic E-state index is 13.8. The van der Waals surface area contributed by atoms with Gasteiger partial charge in [-0.05, 0) is 19.8 Å². The lowest BCUT2D eigenvalue weighted by Gasteiger charge is -2.28. The highest BCUT2D eigenvalue weighted by Crippen LogP contribution is 2.17. The van der Waals surface area contributed by atoms with Crippen molar-refractivity contribution in [2.75, 3.05) is 59.2 Å². The van der Waals surface area contributed by atoms with E-state index in [0.29, 0.717) is 45.5 Å². The van der Waals surface area contributed by atoms with Crippen molar-refractivity contribution in [3.05, 3.63) is 0 Å². The Hall–Kier alpha value is -0.800. The average Bonchev–Trinajstić information content (AvgIpc) is 2.62. The number of carbonyl (C=O) groups is 1. The molecular weight excluding hydrogens is 377 g/mol. The monoisotopic (exact) mass is 423 g/mol. The van der Waals surface area contributed by atoms with E-state index in [2.05, 4.69) is 50.6 Å². The van der Waals surface area contributed by atoms with Crippen molar-refractivity contribution < 1.29 is 23.4 Å². The summed E-state index contributed by atoms with van der Waals surface area (Å²) in [7, 11) is 0. The molecule has 0 aliphatic carbocycles. The van der Waals surface area contributed by atoms with Crippen LogP contribution in [0.15, 0.2) is 0 Å². The number of ether oxygens (including phenoxy) is 3. The molecule has 176 valence electrons. The van der Waals surface area contributed by atoms with Crippen LogP contribution in [0.3, 0.4) is 0 Å². The Kier molecular flexibility index (Phi) is 21.5. The number of amides is 1. The van der Waals surface area contributed by atoms with Gasteiger partial charge in [-0.15, -0.1) is 0 Å². The standard InChI is InChI=1S/C17H36FN3O4.C4H10/c1-15(2)21-7-10-23-8-5-19-6-9-24-11-12-25-17(3,4)16(18)13-20-14-22;1-4(2)3/h14-16,19,21H,5-13H2,1-4H3,(H,20,22);4H,1-3H3. The summed E-state index contributed by atoms with van der Waals surface area (Å²) in [5, 5.41) is 8.82. The first-order chi connectivity index (χ1) is 13.6. The van der Waals surface area contributed by atoms with E-state index in [1.807, 2.05) is 0 Å². The second-order valence-electron chi connectivity index (χ2n) is 8.26. The van der Waals surface area contributed by atoms with Crippen molar-refractivity contribution in [1.82, 2.24) is 16.0 Å². The molecule has 0 spiro atoms. The summed E-state index contributed by atoms with van der Waals surface area (Å²) in [5.41, 5.74) is -0.959. The van der Waals surface area contributed by atoms with E-state index < -0.39 is 11.8 Å². The lowest BCUT2D eigenvalue weighted by molar-refractivity contribution is -0.111. The molecule has 0 saturated carbocycles. The summed E-state index contributed by atoms with van der Waals surface area (Å²) >= 11 is 0. The lowest BCUT2D eigenvalue weighted by atomic mass is 10.0. The predicted molar refractivity (Wildman–Crippen MR) is 117 cm³/mol. The van der Waals surface area contributed by atoms with Gasteiger partial charge in [-0.25, -0.2) is 4.39 Å². The molecule has 0 aromatic heterocycles. The molecule has 1 amide bonds. The minimum atomic E-state index is -1.27. The number of rotatable bonds is 18. The predicted octanol–water partition coefficient (Wildman–Crippen LogP) is 2.15. The van der Waals surface area contributed by atoms with Gasteiger partial charge in [0.25, 0.3) is 0 Å². The Morgan fingerprint density at radius 3 is 1.93 bits per heavy atom. The maximum Gasteiger partial charge on any atom is 0.207 e. The van der Waals surface area contributed by atoms with Gasteiger partial charge in [-0.1, -0.05) is 34.6 Å². The Labute approximate surface area is 177 Å². The van der Waals surface area contributed by atoms with Crippen LogP contribution in [0, 0.1) is 5.92 Å². The molecule has 7 nitrogen and oxygen atoms in total. The fourth-order valence-corrected chi connectivity index (χ4v) is 1.89. The molecule has 1 unspecified atom stereocenters. The van der Waals surface area contributed by atoms with Crippen LogP contribution in [0.5, 0.6) is 0 Å². The molecule has 0 fully saturated rings. The molecule has 3 N–H and O–H groups in total. The molecule has 0 aromatic carbocycles. The Balaban J connectivity index is 0. The first kappa shape index (κ1) is 30.4. The molecule has 0 aliphatic rings. The molecular formula is C21H46FN3O4. The molecule has 1 atom stereocenters. The number of halogens is 1. The van der Waals surface area contributed by atoms with Gasteiger partial charge >= 0.3 is 0 Å². The highest BCUT2D eigenvalue weighted by atomic mass is 19.1. The number of hydrogen-bond donors (Lipinski definition) is 3. The van der Waals surface area contributed by atoms with Crippen LogP contribution in [0.1, 0.15) is 48.5 Å². The van der Waals surface area contributed by atoms with Crippen LogP contribution in [0.25, 0.3) is 0 Å². The Bertz CT molecular complexity index is 356. The number of hydrogen-bond acceptors (Lipinski definition) is 6. The van der Waals surface area contributed by atoms with Crippen LogP contribution in [0.2, 0.25) is 0 Å². The largest absolute Gasteiger partial charge is 0.379 e. The zero-order valence-electron chi connectivity index (χ0n) is 19.7. The number of alkyl halides is 1. The molecule has 0 aliphatic heterocycles. The second kappa shape index (κ2) is 20.5. The normalized spacial score (nSPS) is 12.6. The average molecular weight is 424 g/mol. The second-order valence-corrected chi connectivity index (χ2v) is 8.26. The van der Waals surface area contributed by atoms with E-state index in [-0.39, 0.29) is 6.54 Å². The summed E-state index contributed by atoms with van der Waals surface area (Å²) in [6, 6.07) is 0.484. The molecule has 29 heavy (non-hydrogen) atoms. The molecule has 0 rings (SSSR count). The van der Waals surface area contributed by atoms with Gasteiger partial charge in [0.05, 0.1) is 45.2 Å². The third kappa shape index (κ3) is 25.2. The zero-order chi connectivity index (χ0) is 22.5. The third-order valence-electron chi connectivity index (χ3n) is 3.48. The van der Waals surface area contributed by atoms with Crippen molar-refractivity contribution >= 4 is 6.41 Å². The fraction of sp³-hybridized carbons (Fsp3) is 0.952. The van der Waals surface area contributed by atoms with Crippen LogP contribution >= 0.6 is 0 Å². The molecule has 0 bridgehead atoms. The van der Waals surface area contributed by atoms with Crippen LogP contribution in [-0.4, -0.2) is 83.4 Å². The summed E-state index contributed by atoms with van der Waals surface area (Å²) in [6.07, 6.45) is -0.790. The maximum atomic E-state index is 13.8. The van der Waals surface area contributed by atoms with Crippen molar-refractivity contribution in [2.24, 2.45) is 5.92 Å². The van der Waals surface area contributed by atoms with Gasteiger partial charge in [0.15, 0.2) is 0 Å². The highest BCUT2D eigenvalue weighted by molar-refractivity contribution is 5.45. The van der Waals surface area contributed by atoms with Gasteiger partial charge < -0.3 is 30.2 Å². The topological polar surface area (TPSA) is 80.8 Å². The highest BCUT2D eigenvalue weighted by Gasteiger charge is 2.30. The first-order valence-corrected chi connectivity index (χ1v) is 10.7. The van der Waals surface area contributed by atoms with Crippen LogP contribution < -0.4 is 16.0 Å². The van der Waals surface area contributed by atoms with Crippen LogP contribution in [-0.2, 0) is 19.0 Å². The smallest absolute Gasteiger partial charge is 0.207 e. The van der Waals surface area contributed by atoms with Crippen LogP contribution in [0.4, 0.5) is 4.39 Å². The van der Waals surface area contributed by atoms with E-state index >= 15 is 0 Å². The number of nitrogens with one attached hydrogen (secondary N) is 3. The third-order valence-corrected chi connectivity index (χ3v) is 3.48. The Morgan fingerprint density at radius 2 is 1.41 bits per heavy atom. The van der Waals surface area contributed by atoms with E-state index in [4.69, 9.17) is 14.2 Å². The molecule has 0 heterocycles. The van der Waals surface area contributed by atoms with Crippen molar-refractivity contribution in [3.63, 3.8) is 0 Å². The molecule has 0 aromatic rings. The number of carbonyl (C=O) groups excluding carboxylic acids is 1. The van der Waals surface area contributed by atoms with Gasteiger partial charge in [0, 0.05) is 25.7 Å². The van der Waals surface area contributed by atoms with E-state index in [1.165, 1.54) is 0 Å². The minimum Gasteiger partial charge on any atom is -0.379 e. The van der Waals surface area contributed by atoms with E-state index in [0.717, 1.165) is 25.6 Å². The quantitative estimate of drug-likeness (QED) is 0.232. The first-order valence-electron chi connectivity index (χ1n) is 10.7. The molecule has 0 saturated heterocycles. The summed E-state index contributed by atoms with van der Waals surface area (Å²) < 4.78 is 30.2. The van der Waals surface area contributed by atoms with Gasteiger partial charge in [0.1, 0.15) is 6.17 Å². The molecule has 0 radical (unpaired) electrons. The van der Waals surface area contributed by atoms with Gasteiger partial charge in [-0.2, -0.15) is 0 Å². The zero-order valence-corrected chi connectivity index (χ0v) is 19.7. The summed E-state index contributed by atoms with van der Waals surface area (Å²) in [4.78, 5) is 10.2. The van der Waals surface area contributed by atoms with Gasteiger partial charge in [-0.3, -0.25) is 4.79 Å². The van der Waals surface area contributed by atoms with E-state index in [9.17, 15) is 9.18 Å². The summed E-state index contributed by atoms with van der Waals surface area (Å²) in [5.74, 6) is 0.833. The lowest BCUT2D eigenvalue weighted by Crippen LogP contribution is -2.43.